The highest BCUT2D eigenvalue weighted by Gasteiger charge is 2.21. The molecule has 2 amide bonds. The highest BCUT2D eigenvalue weighted by molar-refractivity contribution is 6.42. The van der Waals surface area contributed by atoms with E-state index in [1.54, 1.807) is 4.68 Å². The van der Waals surface area contributed by atoms with Gasteiger partial charge in [-0.05, 0) is 6.42 Å². The van der Waals surface area contributed by atoms with Gasteiger partial charge in [-0.2, -0.15) is 5.10 Å². The van der Waals surface area contributed by atoms with Crippen molar-refractivity contribution in [3.63, 3.8) is 0 Å². The molecule has 1 atom stereocenters. The van der Waals surface area contributed by atoms with Gasteiger partial charge in [0.1, 0.15) is 18.0 Å². The van der Waals surface area contributed by atoms with Crippen molar-refractivity contribution >= 4 is 35.1 Å². The molecule has 2 N–H and O–H groups in total. The zero-order valence-electron chi connectivity index (χ0n) is 10.9. The van der Waals surface area contributed by atoms with Gasteiger partial charge in [-0.25, -0.2) is 19.4 Å². The predicted octanol–water partition coefficient (Wildman–Crippen LogP) is 2.12. The normalized spacial score (nSPS) is 17.1. The van der Waals surface area contributed by atoms with Crippen molar-refractivity contribution in [3.8, 4) is 0 Å². The minimum absolute atomic E-state index is 0.00183. The van der Waals surface area contributed by atoms with Crippen molar-refractivity contribution in [1.29, 1.82) is 0 Å². The number of rotatable bonds is 2. The number of carbonyl (C=O) groups excluding carboxylic acids is 1. The minimum atomic E-state index is -0.338. The lowest BCUT2D eigenvalue weighted by Crippen LogP contribution is -2.43. The van der Waals surface area contributed by atoms with E-state index >= 15 is 0 Å². The molecule has 0 fully saturated rings. The molecular formula is C12H12Cl2N6O. The number of nitrogens with one attached hydrogen (secondary N) is 2. The largest absolute Gasteiger partial charge is 0.333 e. The molecule has 0 saturated carbocycles. The van der Waals surface area contributed by atoms with E-state index in [2.05, 4.69) is 25.7 Å². The van der Waals surface area contributed by atoms with Gasteiger partial charge in [0.25, 0.3) is 0 Å². The zero-order chi connectivity index (χ0) is 14.8. The third-order valence-corrected chi connectivity index (χ3v) is 3.90. The molecule has 1 unspecified atom stereocenters. The number of anilines is 1. The molecule has 2 aromatic heterocycles. The molecule has 0 bridgehead atoms. The summed E-state index contributed by atoms with van der Waals surface area (Å²) >= 11 is 11.6. The summed E-state index contributed by atoms with van der Waals surface area (Å²) in [5.74, 6) is 1.29. The van der Waals surface area contributed by atoms with E-state index in [1.165, 1.54) is 18.6 Å². The van der Waals surface area contributed by atoms with Gasteiger partial charge >= 0.3 is 6.03 Å². The van der Waals surface area contributed by atoms with E-state index in [0.29, 0.717) is 22.4 Å². The number of hydrogen-bond acceptors (Lipinski definition) is 4. The van der Waals surface area contributed by atoms with Gasteiger partial charge in [0, 0.05) is 18.7 Å². The quantitative estimate of drug-likeness (QED) is 0.885. The molecule has 3 rings (SSSR count). The lowest BCUT2D eigenvalue weighted by atomic mass is 10.1. The predicted molar refractivity (Wildman–Crippen MR) is 78.5 cm³/mol. The van der Waals surface area contributed by atoms with Crippen LogP contribution in [0, 0.1) is 0 Å². The van der Waals surface area contributed by atoms with Gasteiger partial charge in [0.2, 0.25) is 0 Å². The van der Waals surface area contributed by atoms with Crippen LogP contribution in [0.5, 0.6) is 0 Å². The fourth-order valence-corrected chi connectivity index (χ4v) is 2.43. The highest BCUT2D eigenvalue weighted by Crippen LogP contribution is 2.22. The molecule has 0 spiro atoms. The first-order valence-electron chi connectivity index (χ1n) is 6.37. The second kappa shape index (κ2) is 5.87. The number of halogens is 2. The highest BCUT2D eigenvalue weighted by atomic mass is 35.5. The van der Waals surface area contributed by atoms with Crippen LogP contribution in [-0.2, 0) is 13.0 Å². The monoisotopic (exact) mass is 326 g/mol. The Balaban J connectivity index is 1.58. The Kier molecular flexibility index (Phi) is 3.94. The maximum absolute atomic E-state index is 11.9. The van der Waals surface area contributed by atoms with Crippen molar-refractivity contribution in [2.75, 3.05) is 5.32 Å². The number of urea groups is 1. The van der Waals surface area contributed by atoms with Crippen molar-refractivity contribution in [2.24, 2.45) is 0 Å². The minimum Gasteiger partial charge on any atom is -0.333 e. The summed E-state index contributed by atoms with van der Waals surface area (Å²) in [7, 11) is 0. The molecule has 1 aliphatic heterocycles. The first-order chi connectivity index (χ1) is 10.1. The number of fused-ring (bicyclic) bond motifs is 1. The van der Waals surface area contributed by atoms with E-state index < -0.39 is 0 Å². The topological polar surface area (TPSA) is 84.7 Å². The van der Waals surface area contributed by atoms with Crippen LogP contribution in [0.4, 0.5) is 10.6 Å². The number of carbonyl (C=O) groups is 1. The average Bonchev–Trinajstić information content (AvgIpc) is 2.90. The standard InChI is InChI=1S/C12H12Cl2N6O/c13-8-3-10(15-4-9(8)14)19-12(21)18-7-1-2-11-16-6-17-20(11)5-7/h3-4,6-7H,1-2,5H2,(H2,15,18,19,21). The van der Waals surface area contributed by atoms with Gasteiger partial charge in [-0.3, -0.25) is 5.32 Å². The van der Waals surface area contributed by atoms with Crippen LogP contribution in [0.2, 0.25) is 10.0 Å². The number of aromatic nitrogens is 4. The number of nitrogens with zero attached hydrogens (tertiary/aromatic N) is 4. The number of hydrogen-bond donors (Lipinski definition) is 2. The summed E-state index contributed by atoms with van der Waals surface area (Å²) in [5, 5.41) is 10.3. The lowest BCUT2D eigenvalue weighted by Gasteiger charge is -2.23. The number of aryl methyl sites for hydroxylation is 1. The number of pyridine rings is 1. The second-order valence-electron chi connectivity index (χ2n) is 4.68. The zero-order valence-corrected chi connectivity index (χ0v) is 12.4. The Labute approximate surface area is 130 Å². The van der Waals surface area contributed by atoms with E-state index in [-0.39, 0.29) is 12.1 Å². The van der Waals surface area contributed by atoms with Crippen LogP contribution in [0.25, 0.3) is 0 Å². The van der Waals surface area contributed by atoms with Gasteiger partial charge < -0.3 is 5.32 Å². The van der Waals surface area contributed by atoms with Crippen molar-refractivity contribution in [1.82, 2.24) is 25.1 Å². The third kappa shape index (κ3) is 3.25. The lowest BCUT2D eigenvalue weighted by molar-refractivity contribution is 0.243. The van der Waals surface area contributed by atoms with E-state index in [0.717, 1.165) is 18.7 Å². The summed E-state index contributed by atoms with van der Waals surface area (Å²) in [6.07, 6.45) is 4.52. The van der Waals surface area contributed by atoms with Crippen LogP contribution in [-0.4, -0.2) is 31.8 Å². The number of amides is 2. The first kappa shape index (κ1) is 14.1. The molecule has 0 radical (unpaired) electrons. The van der Waals surface area contributed by atoms with E-state index in [1.807, 2.05) is 0 Å². The van der Waals surface area contributed by atoms with Gasteiger partial charge in [-0.1, -0.05) is 23.2 Å². The van der Waals surface area contributed by atoms with E-state index in [4.69, 9.17) is 23.2 Å². The van der Waals surface area contributed by atoms with Crippen LogP contribution in [0.15, 0.2) is 18.6 Å². The first-order valence-corrected chi connectivity index (χ1v) is 7.12. The van der Waals surface area contributed by atoms with E-state index in [9.17, 15) is 4.79 Å². The van der Waals surface area contributed by atoms with Gasteiger partial charge in [-0.15, -0.1) is 0 Å². The second-order valence-corrected chi connectivity index (χ2v) is 5.49. The summed E-state index contributed by atoms with van der Waals surface area (Å²) in [5.41, 5.74) is 0. The van der Waals surface area contributed by atoms with Crippen LogP contribution in [0.1, 0.15) is 12.2 Å². The Morgan fingerprint density at radius 1 is 1.33 bits per heavy atom. The molecule has 0 aromatic carbocycles. The summed E-state index contributed by atoms with van der Waals surface area (Å²) in [6, 6.07) is 1.16. The Bertz CT molecular complexity index is 674. The molecule has 0 saturated heterocycles. The molecule has 3 heterocycles. The fourth-order valence-electron chi connectivity index (χ4n) is 2.18. The van der Waals surface area contributed by atoms with Crippen LogP contribution in [0.3, 0.4) is 0 Å². The molecule has 2 aromatic rings. The Morgan fingerprint density at radius 2 is 2.19 bits per heavy atom. The Hall–Kier alpha value is -1.86. The molecule has 7 nitrogen and oxygen atoms in total. The van der Waals surface area contributed by atoms with Gasteiger partial charge in [0.15, 0.2) is 0 Å². The fraction of sp³-hybridized carbons (Fsp3) is 0.333. The van der Waals surface area contributed by atoms with Crippen molar-refractivity contribution in [3.05, 3.63) is 34.5 Å². The SMILES string of the molecule is O=C(Nc1cc(Cl)c(Cl)cn1)NC1CCc2ncnn2C1. The van der Waals surface area contributed by atoms with Crippen LogP contribution < -0.4 is 10.6 Å². The van der Waals surface area contributed by atoms with Gasteiger partial charge in [0.05, 0.1) is 22.6 Å². The molecular weight excluding hydrogens is 315 g/mol. The summed E-state index contributed by atoms with van der Waals surface area (Å²) < 4.78 is 1.80. The Morgan fingerprint density at radius 3 is 3.00 bits per heavy atom. The van der Waals surface area contributed by atoms with Crippen molar-refractivity contribution in [2.45, 2.75) is 25.4 Å². The van der Waals surface area contributed by atoms with Crippen LogP contribution >= 0.6 is 23.2 Å². The summed E-state index contributed by atoms with van der Waals surface area (Å²) in [6.45, 7) is 0.609. The molecule has 110 valence electrons. The molecule has 1 aliphatic rings. The molecule has 9 heteroatoms. The third-order valence-electron chi connectivity index (χ3n) is 3.19. The average molecular weight is 327 g/mol. The maximum atomic E-state index is 11.9. The maximum Gasteiger partial charge on any atom is 0.320 e. The summed E-state index contributed by atoms with van der Waals surface area (Å²) in [4.78, 5) is 20.1. The smallest absolute Gasteiger partial charge is 0.320 e. The molecule has 21 heavy (non-hydrogen) atoms. The van der Waals surface area contributed by atoms with Crippen molar-refractivity contribution < 1.29 is 4.79 Å². The molecule has 0 aliphatic carbocycles.